The van der Waals surface area contributed by atoms with E-state index in [9.17, 15) is 27.9 Å². The average molecular weight is 558 g/mol. The van der Waals surface area contributed by atoms with E-state index in [1.54, 1.807) is 31.2 Å². The third-order valence-electron chi connectivity index (χ3n) is 6.43. The van der Waals surface area contributed by atoms with Crippen LogP contribution in [0.5, 0.6) is 5.88 Å². The first kappa shape index (κ1) is 28.8. The van der Waals surface area contributed by atoms with Crippen molar-refractivity contribution in [2.45, 2.75) is 51.5 Å². The number of aromatic nitrogens is 2. The normalized spacial score (nSPS) is 14.8. The van der Waals surface area contributed by atoms with E-state index < -0.39 is 23.8 Å². The highest BCUT2D eigenvalue weighted by atomic mass is 19.3. The fourth-order valence-electron chi connectivity index (χ4n) is 4.48. The molecule has 0 spiro atoms. The summed E-state index contributed by atoms with van der Waals surface area (Å²) in [5, 5.41) is 17.0. The number of anilines is 2. The molecule has 212 valence electrons. The lowest BCUT2D eigenvalue weighted by molar-refractivity contribution is -0.114. The number of amides is 3. The van der Waals surface area contributed by atoms with E-state index in [1.165, 1.54) is 25.3 Å². The first-order chi connectivity index (χ1) is 19.0. The highest BCUT2D eigenvalue weighted by Crippen LogP contribution is 2.35. The minimum atomic E-state index is -2.72. The number of nitrogens with zero attached hydrogens (tertiary/aromatic N) is 2. The number of ether oxygens (including phenoxy) is 1. The number of nitrogens with one attached hydrogen (secondary N) is 3. The second-order valence-corrected chi connectivity index (χ2v) is 9.64. The fraction of sp³-hybridized carbons (Fsp3) is 0.357. The molecule has 1 saturated carbocycles. The van der Waals surface area contributed by atoms with Gasteiger partial charge >= 0.3 is 6.03 Å². The maximum atomic E-state index is 14.9. The second kappa shape index (κ2) is 12.3. The number of rotatable bonds is 8. The Labute approximate surface area is 229 Å². The topological polar surface area (TPSA) is 125 Å². The van der Waals surface area contributed by atoms with Gasteiger partial charge in [-0.2, -0.15) is 0 Å². The molecule has 1 aliphatic carbocycles. The smallest absolute Gasteiger partial charge is 0.319 e. The van der Waals surface area contributed by atoms with E-state index in [1.807, 2.05) is 0 Å². The van der Waals surface area contributed by atoms with E-state index in [4.69, 9.17) is 4.74 Å². The van der Waals surface area contributed by atoms with Crippen LogP contribution in [0.3, 0.4) is 0 Å². The van der Waals surface area contributed by atoms with Crippen molar-refractivity contribution in [1.82, 2.24) is 15.3 Å². The van der Waals surface area contributed by atoms with E-state index in [0.29, 0.717) is 33.8 Å². The first-order valence-electron chi connectivity index (χ1n) is 12.8. The molecule has 2 heterocycles. The van der Waals surface area contributed by atoms with Crippen LogP contribution in [0.4, 0.5) is 29.5 Å². The summed E-state index contributed by atoms with van der Waals surface area (Å²) in [6, 6.07) is 8.35. The van der Waals surface area contributed by atoms with Crippen molar-refractivity contribution < 1.29 is 32.6 Å². The summed E-state index contributed by atoms with van der Waals surface area (Å²) in [5.41, 5.74) is 2.72. The highest BCUT2D eigenvalue weighted by molar-refractivity contribution is 5.91. The molecule has 0 unspecified atom stereocenters. The summed E-state index contributed by atoms with van der Waals surface area (Å²) >= 11 is 0. The number of halogens is 3. The molecule has 4 N–H and O–H groups in total. The largest absolute Gasteiger partial charge is 0.475 e. The standard InChI is InChI=1S/C28H30F3N5O4/c1-16-11-22(29)24(36-27(39)34-20-3-6-28(30,31)7-4-20)15-21(16)19-12-23(35-26(14-19)40-10-9-37)18-5-8-32-25(13-18)33-17(2)38/h5,8,11-15,20,37H,3-4,6-7,9-10H2,1-2H3,(H,32,33,38)(H2,34,36,39). The third kappa shape index (κ3) is 7.47. The molecule has 3 amide bonds. The molecule has 1 aromatic carbocycles. The Morgan fingerprint density at radius 1 is 1.10 bits per heavy atom. The number of pyridine rings is 2. The summed E-state index contributed by atoms with van der Waals surface area (Å²) in [7, 11) is 0. The summed E-state index contributed by atoms with van der Waals surface area (Å²) in [6.07, 6.45) is 1.17. The predicted octanol–water partition coefficient (Wildman–Crippen LogP) is 5.29. The summed E-state index contributed by atoms with van der Waals surface area (Å²) in [5.74, 6) is -3.15. The number of hydrogen-bond donors (Lipinski definition) is 4. The van der Waals surface area contributed by atoms with E-state index in [0.717, 1.165) is 0 Å². The van der Waals surface area contributed by atoms with Crippen LogP contribution in [0.15, 0.2) is 42.6 Å². The highest BCUT2D eigenvalue weighted by Gasteiger charge is 2.35. The van der Waals surface area contributed by atoms with Crippen LogP contribution in [0.2, 0.25) is 0 Å². The van der Waals surface area contributed by atoms with Gasteiger partial charge in [-0.25, -0.2) is 27.9 Å². The molecule has 0 saturated heterocycles. The van der Waals surface area contributed by atoms with Crippen molar-refractivity contribution in [3.05, 3.63) is 54.0 Å². The fourth-order valence-corrected chi connectivity index (χ4v) is 4.48. The monoisotopic (exact) mass is 557 g/mol. The Balaban J connectivity index is 1.64. The Hall–Kier alpha value is -4.19. The van der Waals surface area contributed by atoms with Gasteiger partial charge in [0, 0.05) is 43.6 Å². The molecule has 0 aliphatic heterocycles. The van der Waals surface area contributed by atoms with Gasteiger partial charge in [0.1, 0.15) is 18.2 Å². The molecule has 0 atom stereocenters. The van der Waals surface area contributed by atoms with Gasteiger partial charge in [-0.1, -0.05) is 0 Å². The molecule has 0 bridgehead atoms. The maximum Gasteiger partial charge on any atom is 0.319 e. The van der Waals surface area contributed by atoms with Crippen molar-refractivity contribution in [2.75, 3.05) is 23.8 Å². The number of benzene rings is 1. The zero-order valence-electron chi connectivity index (χ0n) is 22.1. The van der Waals surface area contributed by atoms with Gasteiger partial charge in [0.15, 0.2) is 0 Å². The molecule has 1 fully saturated rings. The zero-order valence-corrected chi connectivity index (χ0v) is 22.1. The second-order valence-electron chi connectivity index (χ2n) is 9.64. The van der Waals surface area contributed by atoms with Gasteiger partial charge in [-0.15, -0.1) is 0 Å². The molecule has 9 nitrogen and oxygen atoms in total. The van der Waals surface area contributed by atoms with Crippen LogP contribution in [0.25, 0.3) is 22.4 Å². The lowest BCUT2D eigenvalue weighted by Gasteiger charge is -2.28. The van der Waals surface area contributed by atoms with Crippen molar-refractivity contribution >= 4 is 23.4 Å². The molecule has 0 radical (unpaired) electrons. The Kier molecular flexibility index (Phi) is 8.88. The van der Waals surface area contributed by atoms with Gasteiger partial charge in [0.05, 0.1) is 18.0 Å². The van der Waals surface area contributed by atoms with Gasteiger partial charge in [0.2, 0.25) is 17.7 Å². The number of hydrogen-bond acceptors (Lipinski definition) is 6. The van der Waals surface area contributed by atoms with Gasteiger partial charge < -0.3 is 25.8 Å². The van der Waals surface area contributed by atoms with Crippen LogP contribution >= 0.6 is 0 Å². The lowest BCUT2D eigenvalue weighted by atomic mass is 9.92. The van der Waals surface area contributed by atoms with Crippen LogP contribution in [0, 0.1) is 12.7 Å². The predicted molar refractivity (Wildman–Crippen MR) is 144 cm³/mol. The minimum Gasteiger partial charge on any atom is -0.475 e. The molecule has 3 aromatic rings. The molecular formula is C28H30F3N5O4. The van der Waals surface area contributed by atoms with E-state index in [2.05, 4.69) is 25.9 Å². The SMILES string of the molecule is CC(=O)Nc1cc(-c2cc(-c3cc(NC(=O)NC4CCC(F)(F)CC4)c(F)cc3C)cc(OCCO)n2)ccn1. The molecule has 40 heavy (non-hydrogen) atoms. The summed E-state index contributed by atoms with van der Waals surface area (Å²) < 4.78 is 47.3. The van der Waals surface area contributed by atoms with Crippen molar-refractivity contribution in [3.63, 3.8) is 0 Å². The maximum absolute atomic E-state index is 14.9. The number of carbonyl (C=O) groups is 2. The zero-order chi connectivity index (χ0) is 28.9. The van der Waals surface area contributed by atoms with Crippen molar-refractivity contribution in [1.29, 1.82) is 0 Å². The molecule has 12 heteroatoms. The van der Waals surface area contributed by atoms with Crippen LogP contribution in [-0.2, 0) is 4.79 Å². The summed E-state index contributed by atoms with van der Waals surface area (Å²) in [6.45, 7) is 2.83. The van der Waals surface area contributed by atoms with Crippen molar-refractivity contribution in [3.8, 4) is 28.3 Å². The number of urea groups is 1. The van der Waals surface area contributed by atoms with E-state index >= 15 is 0 Å². The van der Waals surface area contributed by atoms with Gasteiger partial charge in [-0.05, 0) is 66.8 Å². The number of aryl methyl sites for hydroxylation is 1. The molecule has 4 rings (SSSR count). The Morgan fingerprint density at radius 3 is 2.55 bits per heavy atom. The van der Waals surface area contributed by atoms with Gasteiger partial charge in [-0.3, -0.25) is 4.79 Å². The number of carbonyl (C=O) groups excluding carboxylic acids is 2. The van der Waals surface area contributed by atoms with E-state index in [-0.39, 0.29) is 56.4 Å². The van der Waals surface area contributed by atoms with Crippen LogP contribution in [-0.4, -0.2) is 52.2 Å². The quantitative estimate of drug-likeness (QED) is 0.298. The molecular weight excluding hydrogens is 527 g/mol. The third-order valence-corrected chi connectivity index (χ3v) is 6.43. The first-order valence-corrected chi connectivity index (χ1v) is 12.8. The Morgan fingerprint density at radius 2 is 1.85 bits per heavy atom. The number of aliphatic hydroxyl groups excluding tert-OH is 1. The van der Waals surface area contributed by atoms with Crippen LogP contribution in [0.1, 0.15) is 38.2 Å². The number of alkyl halides is 2. The average Bonchev–Trinajstić information content (AvgIpc) is 2.90. The minimum absolute atomic E-state index is 0.00808. The van der Waals surface area contributed by atoms with Crippen LogP contribution < -0.4 is 20.7 Å². The number of aliphatic hydroxyl groups is 1. The molecule has 2 aromatic heterocycles. The lowest BCUT2D eigenvalue weighted by Crippen LogP contribution is -2.42. The van der Waals surface area contributed by atoms with Crippen molar-refractivity contribution in [2.24, 2.45) is 0 Å². The molecule has 1 aliphatic rings. The Bertz CT molecular complexity index is 1390. The summed E-state index contributed by atoms with van der Waals surface area (Å²) in [4.78, 5) is 32.7. The van der Waals surface area contributed by atoms with Gasteiger partial charge in [0.25, 0.3) is 0 Å².